The molecule has 2 fully saturated rings. The lowest BCUT2D eigenvalue weighted by Gasteiger charge is -2.46. The van der Waals surface area contributed by atoms with E-state index in [1.807, 2.05) is 0 Å². The molecule has 0 aromatic carbocycles. The molecule has 0 saturated carbocycles. The van der Waals surface area contributed by atoms with E-state index in [1.165, 1.54) is 89.9 Å². The van der Waals surface area contributed by atoms with Gasteiger partial charge in [-0.3, -0.25) is 4.79 Å². The summed E-state index contributed by atoms with van der Waals surface area (Å²) in [5.41, 5.74) is 0. The summed E-state index contributed by atoms with van der Waals surface area (Å²) < 4.78 is 22.9. The van der Waals surface area contributed by atoms with E-state index in [1.54, 1.807) is 0 Å². The van der Waals surface area contributed by atoms with Crippen LogP contribution < -0.4 is 5.32 Å². The molecular formula is C66H115NO13. The Kier molecular flexibility index (Phi) is 46.4. The van der Waals surface area contributed by atoms with Crippen LogP contribution >= 0.6 is 0 Å². The Morgan fingerprint density at radius 3 is 1.32 bits per heavy atom. The predicted molar refractivity (Wildman–Crippen MR) is 323 cm³/mol. The molecule has 2 rings (SSSR count). The van der Waals surface area contributed by atoms with Gasteiger partial charge >= 0.3 is 0 Å². The van der Waals surface area contributed by atoms with Crippen molar-refractivity contribution in [3.05, 3.63) is 85.1 Å². The smallest absolute Gasteiger partial charge is 0.220 e. The first-order valence-corrected chi connectivity index (χ1v) is 31.8. The fourth-order valence-electron chi connectivity index (χ4n) is 10.0. The van der Waals surface area contributed by atoms with E-state index in [-0.39, 0.29) is 18.9 Å². The minimum atomic E-state index is -1.79. The topological polar surface area (TPSA) is 228 Å². The molecule has 9 N–H and O–H groups in total. The quantitative estimate of drug-likeness (QED) is 0.0204. The summed E-state index contributed by atoms with van der Waals surface area (Å²) in [5.74, 6) is -0.220. The summed E-state index contributed by atoms with van der Waals surface area (Å²) in [6.45, 7) is 2.74. The first-order chi connectivity index (χ1) is 39.1. The Morgan fingerprint density at radius 2 is 0.863 bits per heavy atom. The Hall–Kier alpha value is -2.83. The molecule has 0 bridgehead atoms. The van der Waals surface area contributed by atoms with E-state index in [4.69, 9.17) is 18.9 Å². The van der Waals surface area contributed by atoms with Gasteiger partial charge in [-0.05, 0) is 70.6 Å². The van der Waals surface area contributed by atoms with Crippen LogP contribution in [0.5, 0.6) is 0 Å². The fourth-order valence-corrected chi connectivity index (χ4v) is 10.0. The predicted octanol–water partition coefficient (Wildman–Crippen LogP) is 11.7. The van der Waals surface area contributed by atoms with Crippen molar-refractivity contribution in [1.82, 2.24) is 5.32 Å². The molecule has 14 heteroatoms. The largest absolute Gasteiger partial charge is 0.394 e. The SMILES string of the molecule is CC/C=C\C/C=C\C/C=C\C/C=C\C/C=C\C/C=C\C/C=C\CCCCCCCCCC(=O)NC(COC1OC(CO)C(OC2OC(CO)C(O)C(O)C2O)C(O)C1O)C(O)CCCCCCCCCCCCCCCCCCC. The van der Waals surface area contributed by atoms with Gasteiger partial charge in [0.2, 0.25) is 5.91 Å². The molecule has 0 spiro atoms. The van der Waals surface area contributed by atoms with Crippen LogP contribution in [-0.4, -0.2) is 140 Å². The van der Waals surface area contributed by atoms with Crippen molar-refractivity contribution in [3.63, 3.8) is 0 Å². The zero-order valence-corrected chi connectivity index (χ0v) is 49.8. The second-order valence-corrected chi connectivity index (χ2v) is 22.2. The molecule has 14 nitrogen and oxygen atoms in total. The van der Waals surface area contributed by atoms with Gasteiger partial charge in [-0.1, -0.05) is 240 Å². The van der Waals surface area contributed by atoms with Gasteiger partial charge < -0.3 is 65.1 Å². The maximum absolute atomic E-state index is 13.3. The monoisotopic (exact) mass is 1130 g/mol. The highest BCUT2D eigenvalue weighted by atomic mass is 16.7. The normalized spacial score (nSPS) is 24.8. The van der Waals surface area contributed by atoms with E-state index < -0.39 is 86.8 Å². The lowest BCUT2D eigenvalue weighted by Crippen LogP contribution is -2.65. The molecular weight excluding hydrogens is 1010 g/mol. The van der Waals surface area contributed by atoms with Crippen molar-refractivity contribution < 1.29 is 64.6 Å². The Bertz CT molecular complexity index is 1660. The minimum absolute atomic E-state index is 0.220. The van der Waals surface area contributed by atoms with Gasteiger partial charge in [0.15, 0.2) is 12.6 Å². The third kappa shape index (κ3) is 35.3. The van der Waals surface area contributed by atoms with Crippen LogP contribution in [0.1, 0.15) is 232 Å². The number of unbranched alkanes of at least 4 members (excludes halogenated alkanes) is 23. The fraction of sp³-hybridized carbons (Fsp3) is 0.773. The first kappa shape index (κ1) is 73.3. The number of rotatable bonds is 50. The first-order valence-electron chi connectivity index (χ1n) is 31.8. The van der Waals surface area contributed by atoms with Crippen molar-refractivity contribution in [2.75, 3.05) is 19.8 Å². The third-order valence-corrected chi connectivity index (χ3v) is 15.1. The van der Waals surface area contributed by atoms with Crippen LogP contribution in [0.25, 0.3) is 0 Å². The number of nitrogens with one attached hydrogen (secondary N) is 1. The van der Waals surface area contributed by atoms with E-state index in [0.717, 1.165) is 109 Å². The van der Waals surface area contributed by atoms with Crippen molar-refractivity contribution in [2.24, 2.45) is 0 Å². The summed E-state index contributed by atoms with van der Waals surface area (Å²) in [4.78, 5) is 13.3. The molecule has 462 valence electrons. The zero-order valence-electron chi connectivity index (χ0n) is 49.8. The van der Waals surface area contributed by atoms with Crippen LogP contribution in [0.2, 0.25) is 0 Å². The maximum Gasteiger partial charge on any atom is 0.220 e. The number of allylic oxidation sites excluding steroid dienone is 14. The summed E-state index contributed by atoms with van der Waals surface area (Å²) in [6, 6.07) is -0.841. The molecule has 80 heavy (non-hydrogen) atoms. The van der Waals surface area contributed by atoms with Crippen molar-refractivity contribution in [1.29, 1.82) is 0 Å². The Labute approximate surface area is 484 Å². The molecule has 12 atom stereocenters. The number of carbonyl (C=O) groups excluding carboxylic acids is 1. The average Bonchev–Trinajstić information content (AvgIpc) is 3.46. The highest BCUT2D eigenvalue weighted by Gasteiger charge is 2.51. The van der Waals surface area contributed by atoms with Crippen molar-refractivity contribution in [3.8, 4) is 0 Å². The van der Waals surface area contributed by atoms with Crippen LogP contribution in [0.3, 0.4) is 0 Å². The molecule has 2 aliphatic rings. The Balaban J connectivity index is 1.72. The van der Waals surface area contributed by atoms with Gasteiger partial charge in [-0.25, -0.2) is 0 Å². The van der Waals surface area contributed by atoms with Crippen molar-refractivity contribution >= 4 is 5.91 Å². The number of aliphatic hydroxyl groups is 8. The summed E-state index contributed by atoms with van der Waals surface area (Å²) in [7, 11) is 0. The summed E-state index contributed by atoms with van der Waals surface area (Å²) in [5, 5.41) is 87.4. The second-order valence-electron chi connectivity index (χ2n) is 22.2. The van der Waals surface area contributed by atoms with Gasteiger partial charge in [0, 0.05) is 6.42 Å². The van der Waals surface area contributed by atoms with Gasteiger partial charge in [-0.2, -0.15) is 0 Å². The van der Waals surface area contributed by atoms with Crippen molar-refractivity contribution in [2.45, 2.75) is 306 Å². The van der Waals surface area contributed by atoms with Gasteiger partial charge in [0.25, 0.3) is 0 Å². The molecule has 0 aliphatic carbocycles. The second kappa shape index (κ2) is 50.7. The number of ether oxygens (including phenoxy) is 4. The number of hydrogen-bond donors (Lipinski definition) is 9. The lowest BCUT2D eigenvalue weighted by molar-refractivity contribution is -0.359. The third-order valence-electron chi connectivity index (χ3n) is 15.1. The molecule has 2 saturated heterocycles. The van der Waals surface area contributed by atoms with Crippen LogP contribution in [0, 0.1) is 0 Å². The maximum atomic E-state index is 13.3. The highest BCUT2D eigenvalue weighted by molar-refractivity contribution is 5.76. The molecule has 12 unspecified atom stereocenters. The lowest BCUT2D eigenvalue weighted by atomic mass is 9.97. The highest BCUT2D eigenvalue weighted by Crippen LogP contribution is 2.30. The molecule has 2 aliphatic heterocycles. The van der Waals surface area contributed by atoms with E-state index >= 15 is 0 Å². The summed E-state index contributed by atoms with van der Waals surface area (Å²) >= 11 is 0. The average molecular weight is 1130 g/mol. The van der Waals surface area contributed by atoms with E-state index in [2.05, 4.69) is 104 Å². The zero-order chi connectivity index (χ0) is 58.1. The van der Waals surface area contributed by atoms with Crippen LogP contribution in [0.4, 0.5) is 0 Å². The van der Waals surface area contributed by atoms with Crippen LogP contribution in [-0.2, 0) is 23.7 Å². The van der Waals surface area contributed by atoms with Gasteiger partial charge in [-0.15, -0.1) is 0 Å². The molecule has 0 radical (unpaired) electrons. The van der Waals surface area contributed by atoms with Gasteiger partial charge in [0.05, 0.1) is 32.0 Å². The summed E-state index contributed by atoms with van der Waals surface area (Å²) in [6.07, 6.45) is 51.4. The number of hydrogen-bond acceptors (Lipinski definition) is 13. The van der Waals surface area contributed by atoms with E-state index in [9.17, 15) is 45.6 Å². The van der Waals surface area contributed by atoms with E-state index in [0.29, 0.717) is 12.8 Å². The minimum Gasteiger partial charge on any atom is -0.394 e. The molecule has 0 aromatic rings. The van der Waals surface area contributed by atoms with Gasteiger partial charge in [0.1, 0.15) is 48.8 Å². The number of aliphatic hydroxyl groups excluding tert-OH is 8. The molecule has 1 amide bonds. The molecule has 0 aromatic heterocycles. The Morgan fingerprint density at radius 1 is 0.463 bits per heavy atom. The standard InChI is InChI=1S/C66H115NO13/c1-3-5-7-9-11-13-15-17-19-21-22-23-24-25-26-27-28-29-30-31-32-34-36-38-40-42-44-46-48-50-58(71)67-54(55(70)49-47-45-43-41-39-37-35-33-20-18-16-14-12-10-8-6-4-2)53-77-65-63(76)61(74)64(57(52-69)79-65)80-66-62(75)60(73)59(72)56(51-68)78-66/h5,7,11,13,17,19,22-23,25-26,28-29,31-32,54-57,59-66,68-70,72-76H,3-4,6,8-10,12,14-16,18,20-21,24,27,30,33-53H2,1-2H3,(H,67,71)/b7-5-,13-11-,19-17-,23-22-,26-25-,29-28-,32-31-. The van der Waals surface area contributed by atoms with Crippen LogP contribution in [0.15, 0.2) is 85.1 Å². The number of carbonyl (C=O) groups is 1. The molecule has 2 heterocycles. The number of amides is 1.